The highest BCUT2D eigenvalue weighted by Gasteiger charge is 2.49. The van der Waals surface area contributed by atoms with Gasteiger partial charge in [0.15, 0.2) is 6.29 Å². The van der Waals surface area contributed by atoms with Gasteiger partial charge in [0.2, 0.25) is 0 Å². The molecule has 1 fully saturated rings. The number of nitrogens with zero attached hydrogens (tertiary/aromatic N) is 3. The Balaban J connectivity index is 1.22. The normalized spacial score (nSPS) is 19.0. The van der Waals surface area contributed by atoms with E-state index in [9.17, 15) is 5.53 Å². The highest BCUT2D eigenvalue weighted by atomic mass is 16.7. The summed E-state index contributed by atoms with van der Waals surface area (Å²) >= 11 is 0. The Bertz CT molecular complexity index is 2410. The SMILES string of the molecule is CCCC[C@@H](OCc1ccc(OC)cc1)[C@@H](OCc1ccc(OC)cc1)[C@H](CO[C@H]1OC(COCc2ccccc2)[C@H](OCc2ccccc2)[C@@H](OCc2ccccc2)C1OCc1ccccc1)N=[N+]=[N-]. The lowest BCUT2D eigenvalue weighted by Crippen LogP contribution is -2.62. The van der Waals surface area contributed by atoms with Crippen LogP contribution in [0.3, 0.4) is 0 Å². The van der Waals surface area contributed by atoms with Crippen LogP contribution in [0.25, 0.3) is 10.4 Å². The van der Waals surface area contributed by atoms with E-state index in [0.717, 1.165) is 57.7 Å². The molecule has 0 saturated carbocycles. The van der Waals surface area contributed by atoms with E-state index in [1.54, 1.807) is 14.2 Å². The van der Waals surface area contributed by atoms with Crippen molar-refractivity contribution in [3.05, 3.63) is 214 Å². The monoisotopic (exact) mass is 965 g/mol. The fourth-order valence-corrected chi connectivity index (χ4v) is 8.39. The molecule has 1 saturated heterocycles. The molecule has 0 radical (unpaired) electrons. The van der Waals surface area contributed by atoms with Crippen molar-refractivity contribution >= 4 is 0 Å². The lowest BCUT2D eigenvalue weighted by molar-refractivity contribution is -0.329. The number of azide groups is 1. The first-order valence-electron chi connectivity index (χ1n) is 24.4. The van der Waals surface area contributed by atoms with Crippen molar-refractivity contribution in [1.82, 2.24) is 0 Å². The minimum Gasteiger partial charge on any atom is -0.497 e. The molecular formula is C58H67N3O10. The first-order chi connectivity index (χ1) is 35.0. The number of unbranched alkanes of at least 4 members (excludes halogenated alkanes) is 1. The smallest absolute Gasteiger partial charge is 0.186 e. The van der Waals surface area contributed by atoms with Crippen molar-refractivity contribution in [2.45, 2.75) is 115 Å². The molecule has 0 bridgehead atoms. The van der Waals surface area contributed by atoms with Crippen molar-refractivity contribution < 1.29 is 47.4 Å². The molecule has 1 aliphatic rings. The molecule has 2 unspecified atom stereocenters. The van der Waals surface area contributed by atoms with Gasteiger partial charge in [-0.15, -0.1) is 0 Å². The van der Waals surface area contributed by atoms with Crippen LogP contribution in [0.5, 0.6) is 11.5 Å². The van der Waals surface area contributed by atoms with E-state index in [2.05, 4.69) is 16.9 Å². The molecule has 0 spiro atoms. The largest absolute Gasteiger partial charge is 0.497 e. The number of ether oxygens (including phenoxy) is 10. The van der Waals surface area contributed by atoms with Crippen LogP contribution >= 0.6 is 0 Å². The molecule has 0 aromatic heterocycles. The third-order valence-electron chi connectivity index (χ3n) is 12.3. The maximum Gasteiger partial charge on any atom is 0.186 e. The number of rotatable bonds is 30. The second kappa shape index (κ2) is 29.3. The van der Waals surface area contributed by atoms with Crippen molar-refractivity contribution in [3.63, 3.8) is 0 Å². The molecule has 1 heterocycles. The predicted molar refractivity (Wildman–Crippen MR) is 271 cm³/mol. The molecule has 6 aromatic rings. The van der Waals surface area contributed by atoms with Crippen molar-refractivity contribution in [1.29, 1.82) is 0 Å². The zero-order valence-corrected chi connectivity index (χ0v) is 41.0. The van der Waals surface area contributed by atoms with Crippen LogP contribution in [0.15, 0.2) is 175 Å². The van der Waals surface area contributed by atoms with Crippen LogP contribution in [0.1, 0.15) is 59.6 Å². The van der Waals surface area contributed by atoms with Crippen LogP contribution in [0.2, 0.25) is 0 Å². The first kappa shape index (κ1) is 52.7. The van der Waals surface area contributed by atoms with Gasteiger partial charge in [-0.1, -0.05) is 170 Å². The molecule has 0 amide bonds. The number of hydrogen-bond acceptors (Lipinski definition) is 11. The molecule has 13 heteroatoms. The van der Waals surface area contributed by atoms with Gasteiger partial charge < -0.3 is 47.4 Å². The fourth-order valence-electron chi connectivity index (χ4n) is 8.39. The summed E-state index contributed by atoms with van der Waals surface area (Å²) in [4.78, 5) is 3.36. The van der Waals surface area contributed by atoms with Gasteiger partial charge >= 0.3 is 0 Å². The Labute approximate surface area is 418 Å². The van der Waals surface area contributed by atoms with Gasteiger partial charge in [0.05, 0.1) is 85.3 Å². The average molecular weight is 966 g/mol. The van der Waals surface area contributed by atoms with Gasteiger partial charge in [0.1, 0.15) is 35.9 Å². The summed E-state index contributed by atoms with van der Waals surface area (Å²) in [6, 6.07) is 54.5. The maximum atomic E-state index is 10.3. The summed E-state index contributed by atoms with van der Waals surface area (Å²) in [7, 11) is 3.27. The Morgan fingerprint density at radius 3 is 1.45 bits per heavy atom. The molecule has 13 nitrogen and oxygen atoms in total. The van der Waals surface area contributed by atoms with Gasteiger partial charge in [-0.3, -0.25) is 0 Å². The first-order valence-corrected chi connectivity index (χ1v) is 24.4. The van der Waals surface area contributed by atoms with Crippen LogP contribution in [-0.2, 0) is 77.5 Å². The van der Waals surface area contributed by atoms with Crippen LogP contribution in [-0.4, -0.2) is 76.4 Å². The third kappa shape index (κ3) is 16.8. The zero-order valence-electron chi connectivity index (χ0n) is 41.0. The second-order valence-corrected chi connectivity index (χ2v) is 17.4. The van der Waals surface area contributed by atoms with Crippen LogP contribution in [0.4, 0.5) is 0 Å². The summed E-state index contributed by atoms with van der Waals surface area (Å²) in [5.41, 5.74) is 16.1. The molecule has 7 rings (SSSR count). The minimum atomic E-state index is -1.05. The summed E-state index contributed by atoms with van der Waals surface area (Å²) in [5.74, 6) is 1.48. The lowest BCUT2D eigenvalue weighted by atomic mass is 9.97. The van der Waals surface area contributed by atoms with E-state index in [0.29, 0.717) is 19.6 Å². The lowest BCUT2D eigenvalue weighted by Gasteiger charge is -2.46. The minimum absolute atomic E-state index is 0.111. The van der Waals surface area contributed by atoms with Crippen LogP contribution in [0, 0.1) is 0 Å². The van der Waals surface area contributed by atoms with E-state index in [-0.39, 0.29) is 39.6 Å². The Kier molecular flexibility index (Phi) is 21.8. The highest BCUT2D eigenvalue weighted by molar-refractivity contribution is 5.28. The molecule has 6 aromatic carbocycles. The van der Waals surface area contributed by atoms with Gasteiger partial charge in [0, 0.05) is 4.91 Å². The van der Waals surface area contributed by atoms with Crippen molar-refractivity contribution in [2.75, 3.05) is 27.4 Å². The van der Waals surface area contributed by atoms with E-state index < -0.39 is 49.0 Å². The van der Waals surface area contributed by atoms with Crippen molar-refractivity contribution in [2.24, 2.45) is 5.11 Å². The van der Waals surface area contributed by atoms with Gasteiger partial charge in [0.25, 0.3) is 0 Å². The van der Waals surface area contributed by atoms with E-state index in [4.69, 9.17) is 47.4 Å². The van der Waals surface area contributed by atoms with E-state index in [1.165, 1.54) is 0 Å². The number of benzene rings is 6. The molecule has 71 heavy (non-hydrogen) atoms. The fraction of sp³-hybridized carbons (Fsp3) is 0.379. The molecule has 1 aliphatic heterocycles. The molecule has 0 aliphatic carbocycles. The van der Waals surface area contributed by atoms with E-state index in [1.807, 2.05) is 170 Å². The zero-order chi connectivity index (χ0) is 49.3. The van der Waals surface area contributed by atoms with Crippen molar-refractivity contribution in [3.8, 4) is 11.5 Å². The molecule has 8 atom stereocenters. The van der Waals surface area contributed by atoms with E-state index >= 15 is 0 Å². The number of methoxy groups -OCH3 is 2. The Morgan fingerprint density at radius 2 is 0.972 bits per heavy atom. The second-order valence-electron chi connectivity index (χ2n) is 17.4. The van der Waals surface area contributed by atoms with Crippen LogP contribution < -0.4 is 9.47 Å². The topological polar surface area (TPSA) is 141 Å². The van der Waals surface area contributed by atoms with Gasteiger partial charge in [-0.25, -0.2) is 0 Å². The molecular weight excluding hydrogens is 899 g/mol. The summed E-state index contributed by atoms with van der Waals surface area (Å²) in [6.07, 6.45) is -2.82. The summed E-state index contributed by atoms with van der Waals surface area (Å²) in [6.45, 7) is 3.80. The third-order valence-corrected chi connectivity index (χ3v) is 12.3. The Morgan fingerprint density at radius 1 is 0.521 bits per heavy atom. The molecule has 0 N–H and O–H groups in total. The maximum absolute atomic E-state index is 10.3. The average Bonchev–Trinajstić information content (AvgIpc) is 3.42. The predicted octanol–water partition coefficient (Wildman–Crippen LogP) is 11.8. The standard InChI is InChI=1S/C58H67N3O10/c1-4-5-26-52(65-36-47-27-31-49(62-2)32-28-47)54(66-40-48-29-33-50(63-3)34-30-48)51(60-61-59)41-70-58-57(69-39-46-24-16-9-17-25-46)56(68-38-45-22-14-8-15-23-45)55(67-37-44-20-12-7-13-21-44)53(71-58)42-64-35-43-18-10-6-11-19-43/h6-25,27-34,51-58H,4-5,26,35-42H2,1-3H3/t51-,52+,53?,54-,55-,56+,57?,58-/m0/s1. The molecule has 374 valence electrons. The summed E-state index contributed by atoms with van der Waals surface area (Å²) < 4.78 is 65.5. The van der Waals surface area contributed by atoms with Gasteiger partial charge in [-0.2, -0.15) is 0 Å². The number of hydrogen-bond donors (Lipinski definition) is 0. The quantitative estimate of drug-likeness (QED) is 0.0243. The Hall–Kier alpha value is -6.09. The summed E-state index contributed by atoms with van der Waals surface area (Å²) in [5, 5.41) is 4.39. The van der Waals surface area contributed by atoms with Gasteiger partial charge in [-0.05, 0) is 69.6 Å². The highest BCUT2D eigenvalue weighted by Crippen LogP contribution is 2.33.